The van der Waals surface area contributed by atoms with Gasteiger partial charge < -0.3 is 10.2 Å². The van der Waals surface area contributed by atoms with Crippen LogP contribution in [0.4, 0.5) is 17.6 Å². The van der Waals surface area contributed by atoms with Crippen LogP contribution >= 0.6 is 12.4 Å². The van der Waals surface area contributed by atoms with Crippen LogP contribution in [0.3, 0.4) is 0 Å². The summed E-state index contributed by atoms with van der Waals surface area (Å²) in [5, 5.41) is 2.99. The fraction of sp³-hybridized carbons (Fsp3) is 0.500. The first-order chi connectivity index (χ1) is 9.82. The number of halogens is 5. The van der Waals surface area contributed by atoms with Gasteiger partial charge in [-0.25, -0.2) is 4.39 Å². The van der Waals surface area contributed by atoms with Gasteiger partial charge in [-0.15, -0.1) is 12.4 Å². The van der Waals surface area contributed by atoms with Crippen molar-refractivity contribution in [3.05, 3.63) is 35.1 Å². The molecule has 0 aliphatic carbocycles. The Morgan fingerprint density at radius 2 is 2.09 bits per heavy atom. The number of carbonyl (C=O) groups excluding carboxylic acids is 1. The van der Waals surface area contributed by atoms with Crippen LogP contribution in [0.2, 0.25) is 0 Å². The summed E-state index contributed by atoms with van der Waals surface area (Å²) < 4.78 is 51.6. The molecule has 1 aromatic carbocycles. The number of likely N-dealkylation sites (tertiary alicyclic amines) is 1. The number of nitrogens with zero attached hydrogens (tertiary/aromatic N) is 1. The van der Waals surface area contributed by atoms with E-state index in [0.717, 1.165) is 13.0 Å². The van der Waals surface area contributed by atoms with Crippen molar-refractivity contribution in [2.24, 2.45) is 5.92 Å². The second-order valence-corrected chi connectivity index (χ2v) is 5.16. The highest BCUT2D eigenvalue weighted by Crippen LogP contribution is 2.31. The third-order valence-corrected chi connectivity index (χ3v) is 3.59. The number of amides is 1. The third kappa shape index (κ3) is 4.10. The van der Waals surface area contributed by atoms with Crippen molar-refractivity contribution in [2.75, 3.05) is 26.7 Å². The lowest BCUT2D eigenvalue weighted by atomic mass is 10.1. The smallest absolute Gasteiger partial charge is 0.338 e. The van der Waals surface area contributed by atoms with Crippen molar-refractivity contribution in [2.45, 2.75) is 12.6 Å². The van der Waals surface area contributed by atoms with Gasteiger partial charge in [-0.1, -0.05) is 0 Å². The molecule has 124 valence electrons. The van der Waals surface area contributed by atoms with E-state index >= 15 is 0 Å². The Morgan fingerprint density at radius 1 is 1.41 bits per heavy atom. The number of hydrogen-bond acceptors (Lipinski definition) is 2. The van der Waals surface area contributed by atoms with Crippen LogP contribution in [0.5, 0.6) is 0 Å². The number of benzene rings is 1. The van der Waals surface area contributed by atoms with Gasteiger partial charge in [-0.05, 0) is 44.1 Å². The van der Waals surface area contributed by atoms with Gasteiger partial charge in [0.05, 0.1) is 11.1 Å². The van der Waals surface area contributed by atoms with Crippen molar-refractivity contribution in [3.63, 3.8) is 0 Å². The largest absolute Gasteiger partial charge is 0.416 e. The van der Waals surface area contributed by atoms with Crippen molar-refractivity contribution in [1.82, 2.24) is 10.2 Å². The van der Waals surface area contributed by atoms with Crippen LogP contribution < -0.4 is 5.32 Å². The Labute approximate surface area is 132 Å². The van der Waals surface area contributed by atoms with Crippen LogP contribution in [0, 0.1) is 11.7 Å². The van der Waals surface area contributed by atoms with E-state index in [2.05, 4.69) is 5.32 Å². The number of hydrogen-bond donors (Lipinski definition) is 1. The third-order valence-electron chi connectivity index (χ3n) is 3.59. The first-order valence-electron chi connectivity index (χ1n) is 6.63. The zero-order valence-corrected chi connectivity index (χ0v) is 12.7. The summed E-state index contributed by atoms with van der Waals surface area (Å²) in [5.41, 5.74) is -1.53. The number of alkyl halides is 3. The van der Waals surface area contributed by atoms with E-state index in [9.17, 15) is 22.4 Å². The molecule has 1 N–H and O–H groups in total. The molecule has 1 aromatic rings. The molecule has 0 bridgehead atoms. The maximum atomic E-state index is 13.7. The fourth-order valence-electron chi connectivity index (χ4n) is 2.51. The molecule has 0 spiro atoms. The Morgan fingerprint density at radius 3 is 2.68 bits per heavy atom. The number of rotatable bonds is 3. The van der Waals surface area contributed by atoms with Crippen LogP contribution in [0.15, 0.2) is 18.2 Å². The number of nitrogens with one attached hydrogen (secondary N) is 1. The number of carbonyl (C=O) groups is 1. The second kappa shape index (κ2) is 7.28. The minimum Gasteiger partial charge on any atom is -0.338 e. The minimum atomic E-state index is -4.59. The average molecular weight is 341 g/mol. The SMILES string of the molecule is CNCC1CCN(C(=O)c2cc(C(F)(F)F)ccc2F)C1.Cl. The molecule has 1 unspecified atom stereocenters. The normalized spacial score (nSPS) is 18.2. The molecule has 1 atom stereocenters. The molecule has 8 heteroatoms. The van der Waals surface area contributed by atoms with Gasteiger partial charge in [0, 0.05) is 13.1 Å². The zero-order chi connectivity index (χ0) is 15.6. The van der Waals surface area contributed by atoms with E-state index in [1.54, 1.807) is 7.05 Å². The van der Waals surface area contributed by atoms with E-state index in [0.29, 0.717) is 31.3 Å². The molecule has 1 amide bonds. The molecule has 0 radical (unpaired) electrons. The molecule has 0 aromatic heterocycles. The summed E-state index contributed by atoms with van der Waals surface area (Å²) >= 11 is 0. The van der Waals surface area contributed by atoms with Crippen LogP contribution in [-0.2, 0) is 6.18 Å². The summed E-state index contributed by atoms with van der Waals surface area (Å²) in [4.78, 5) is 13.6. The molecular formula is C14H17ClF4N2O. The average Bonchev–Trinajstić information content (AvgIpc) is 2.86. The minimum absolute atomic E-state index is 0. The molecule has 1 aliphatic rings. The summed E-state index contributed by atoms with van der Waals surface area (Å²) in [6.45, 7) is 1.57. The topological polar surface area (TPSA) is 32.3 Å². The molecule has 1 aliphatic heterocycles. The van der Waals surface area contributed by atoms with E-state index < -0.39 is 29.0 Å². The summed E-state index contributed by atoms with van der Waals surface area (Å²) in [6, 6.07) is 1.92. The molecule has 1 saturated heterocycles. The summed E-state index contributed by atoms with van der Waals surface area (Å²) in [7, 11) is 1.79. The molecule has 0 saturated carbocycles. The van der Waals surface area contributed by atoms with Crippen molar-refractivity contribution in [1.29, 1.82) is 0 Å². The highest BCUT2D eigenvalue weighted by molar-refractivity contribution is 5.94. The fourth-order valence-corrected chi connectivity index (χ4v) is 2.51. The Balaban J connectivity index is 0.00000242. The van der Waals surface area contributed by atoms with Crippen LogP contribution in [-0.4, -0.2) is 37.5 Å². The predicted octanol–water partition coefficient (Wildman–Crippen LogP) is 2.95. The molecular weight excluding hydrogens is 324 g/mol. The molecule has 2 rings (SSSR count). The van der Waals surface area contributed by atoms with Gasteiger partial charge in [0.25, 0.3) is 5.91 Å². The Bertz CT molecular complexity index is 536. The van der Waals surface area contributed by atoms with Crippen LogP contribution in [0.1, 0.15) is 22.3 Å². The van der Waals surface area contributed by atoms with Gasteiger partial charge >= 0.3 is 6.18 Å². The quantitative estimate of drug-likeness (QED) is 0.858. The standard InChI is InChI=1S/C14H16F4N2O.ClH/c1-19-7-9-4-5-20(8-9)13(21)11-6-10(14(16,17)18)2-3-12(11)15;/h2-3,6,9,19H,4-5,7-8H2,1H3;1H. The molecule has 1 fully saturated rings. The van der Waals surface area contributed by atoms with Crippen LogP contribution in [0.25, 0.3) is 0 Å². The lowest BCUT2D eigenvalue weighted by Gasteiger charge is -2.18. The monoisotopic (exact) mass is 340 g/mol. The zero-order valence-electron chi connectivity index (χ0n) is 11.9. The van der Waals surface area contributed by atoms with E-state index in [-0.39, 0.29) is 18.3 Å². The first-order valence-corrected chi connectivity index (χ1v) is 6.63. The maximum Gasteiger partial charge on any atom is 0.416 e. The summed E-state index contributed by atoms with van der Waals surface area (Å²) in [6.07, 6.45) is -3.84. The van der Waals surface area contributed by atoms with Gasteiger partial charge in [0.15, 0.2) is 0 Å². The maximum absolute atomic E-state index is 13.7. The molecule has 3 nitrogen and oxygen atoms in total. The molecule has 1 heterocycles. The lowest BCUT2D eigenvalue weighted by molar-refractivity contribution is -0.137. The Kier molecular flexibility index (Phi) is 6.19. The van der Waals surface area contributed by atoms with E-state index in [1.165, 1.54) is 4.90 Å². The van der Waals surface area contributed by atoms with Gasteiger partial charge in [-0.3, -0.25) is 4.79 Å². The highest BCUT2D eigenvalue weighted by Gasteiger charge is 2.33. The summed E-state index contributed by atoms with van der Waals surface area (Å²) in [5.74, 6) is -1.37. The van der Waals surface area contributed by atoms with Gasteiger partial charge in [-0.2, -0.15) is 13.2 Å². The Hall–Kier alpha value is -1.34. The van der Waals surface area contributed by atoms with Gasteiger partial charge in [0.2, 0.25) is 0 Å². The second-order valence-electron chi connectivity index (χ2n) is 5.16. The molecule has 22 heavy (non-hydrogen) atoms. The highest BCUT2D eigenvalue weighted by atomic mass is 35.5. The first kappa shape index (κ1) is 18.7. The lowest BCUT2D eigenvalue weighted by Crippen LogP contribution is -2.31. The van der Waals surface area contributed by atoms with Gasteiger partial charge in [0.1, 0.15) is 5.82 Å². The van der Waals surface area contributed by atoms with E-state index in [4.69, 9.17) is 0 Å². The van der Waals surface area contributed by atoms with E-state index in [1.807, 2.05) is 0 Å². The predicted molar refractivity (Wildman–Crippen MR) is 76.6 cm³/mol. The van der Waals surface area contributed by atoms with Crippen molar-refractivity contribution in [3.8, 4) is 0 Å². The van der Waals surface area contributed by atoms with Crippen molar-refractivity contribution < 1.29 is 22.4 Å². The van der Waals surface area contributed by atoms with Crippen molar-refractivity contribution >= 4 is 18.3 Å².